The number of hydrogen-bond donors (Lipinski definition) is 0. The predicted molar refractivity (Wildman–Crippen MR) is 54.3 cm³/mol. The Kier molecular flexibility index (Phi) is 3.02. The van der Waals surface area contributed by atoms with Gasteiger partial charge in [0.05, 0.1) is 0 Å². The minimum absolute atomic E-state index is 0.477. The van der Waals surface area contributed by atoms with Crippen LogP contribution in [0.15, 0.2) is 43.0 Å². The molecule has 1 aromatic carbocycles. The fraction of sp³-hybridized carbons (Fsp3) is 0.333. The molecule has 1 unspecified atom stereocenters. The molecule has 0 aromatic heterocycles. The minimum Gasteiger partial charge on any atom is -0.103 e. The summed E-state index contributed by atoms with van der Waals surface area (Å²) >= 11 is 0. The molecule has 0 saturated carbocycles. The zero-order valence-electron chi connectivity index (χ0n) is 8.59. The third kappa shape index (κ3) is 2.54. The van der Waals surface area contributed by atoms with Crippen LogP contribution in [-0.4, -0.2) is 0 Å². The van der Waals surface area contributed by atoms with Crippen molar-refractivity contribution < 1.29 is 1.37 Å². The highest BCUT2D eigenvalue weighted by atomic mass is 14.1. The van der Waals surface area contributed by atoms with E-state index in [0.717, 1.165) is 18.4 Å². The Morgan fingerprint density at radius 2 is 2.17 bits per heavy atom. The quantitative estimate of drug-likeness (QED) is 0.590. The van der Waals surface area contributed by atoms with Crippen LogP contribution in [0.25, 0.3) is 0 Å². The van der Waals surface area contributed by atoms with Crippen LogP contribution >= 0.6 is 0 Å². The summed E-state index contributed by atoms with van der Waals surface area (Å²) in [5.74, 6) is -0.477. The van der Waals surface area contributed by atoms with Gasteiger partial charge in [-0.25, -0.2) is 0 Å². The molecule has 0 spiro atoms. The van der Waals surface area contributed by atoms with E-state index >= 15 is 0 Å². The largest absolute Gasteiger partial charge is 0.103 e. The van der Waals surface area contributed by atoms with Gasteiger partial charge in [0.1, 0.15) is 0 Å². The molecule has 1 rings (SSSR count). The van der Waals surface area contributed by atoms with Crippen molar-refractivity contribution in [3.05, 3.63) is 48.6 Å². The third-order valence-electron chi connectivity index (χ3n) is 1.99. The molecule has 0 N–H and O–H groups in total. The van der Waals surface area contributed by atoms with Crippen molar-refractivity contribution in [1.29, 1.82) is 0 Å². The minimum atomic E-state index is -0.477. The highest BCUT2D eigenvalue weighted by Gasteiger charge is 2.01. The van der Waals surface area contributed by atoms with Gasteiger partial charge in [-0.15, -0.1) is 6.58 Å². The van der Waals surface area contributed by atoms with Gasteiger partial charge in [0, 0.05) is 1.37 Å². The van der Waals surface area contributed by atoms with Gasteiger partial charge in [-0.1, -0.05) is 43.3 Å². The number of benzene rings is 1. The van der Waals surface area contributed by atoms with E-state index in [4.69, 9.17) is 1.37 Å². The van der Waals surface area contributed by atoms with Crippen molar-refractivity contribution in [2.75, 3.05) is 0 Å². The van der Waals surface area contributed by atoms with Crippen LogP contribution in [0.4, 0.5) is 0 Å². The van der Waals surface area contributed by atoms with Gasteiger partial charge < -0.3 is 0 Å². The first-order valence-electron chi connectivity index (χ1n) is 4.83. The standard InChI is InChI=1S/C12H16/c1-3-4-8-11(2)12-9-6-5-7-10-12/h3,5-7,9-11H,1,4,8H2,2H3/i11D. The van der Waals surface area contributed by atoms with E-state index in [1.807, 2.05) is 43.3 Å². The number of allylic oxidation sites excluding steroid dienone is 1. The molecule has 0 saturated heterocycles. The highest BCUT2D eigenvalue weighted by molar-refractivity contribution is 5.18. The topological polar surface area (TPSA) is 0 Å². The van der Waals surface area contributed by atoms with Crippen LogP contribution in [0.2, 0.25) is 0 Å². The summed E-state index contributed by atoms with van der Waals surface area (Å²) in [4.78, 5) is 0. The molecule has 0 fully saturated rings. The molecule has 0 heterocycles. The number of hydrogen-bond acceptors (Lipinski definition) is 0. The lowest BCUT2D eigenvalue weighted by Crippen LogP contribution is -1.91. The van der Waals surface area contributed by atoms with Gasteiger partial charge in [-0.05, 0) is 24.3 Å². The maximum absolute atomic E-state index is 8.12. The zero-order chi connectivity index (χ0) is 9.73. The number of rotatable bonds is 4. The molecule has 12 heavy (non-hydrogen) atoms. The molecular weight excluding hydrogens is 144 g/mol. The Hall–Kier alpha value is -1.04. The van der Waals surface area contributed by atoms with Gasteiger partial charge in [-0.2, -0.15) is 0 Å². The van der Waals surface area contributed by atoms with E-state index in [-0.39, 0.29) is 0 Å². The molecule has 0 radical (unpaired) electrons. The maximum Gasteiger partial charge on any atom is 0.0349 e. The van der Waals surface area contributed by atoms with E-state index in [0.29, 0.717) is 0 Å². The Balaban J connectivity index is 2.74. The monoisotopic (exact) mass is 161 g/mol. The van der Waals surface area contributed by atoms with Crippen molar-refractivity contribution in [3.63, 3.8) is 0 Å². The van der Waals surface area contributed by atoms with Crippen LogP contribution < -0.4 is 0 Å². The summed E-state index contributed by atoms with van der Waals surface area (Å²) < 4.78 is 8.12. The first-order valence-corrected chi connectivity index (χ1v) is 4.33. The Morgan fingerprint density at radius 1 is 1.50 bits per heavy atom. The van der Waals surface area contributed by atoms with E-state index in [1.165, 1.54) is 0 Å². The SMILES string of the molecule is [2H]C(C)(CCC=C)c1ccccc1. The average molecular weight is 161 g/mol. The molecule has 0 aliphatic carbocycles. The molecule has 0 aliphatic heterocycles. The second-order valence-corrected chi connectivity index (χ2v) is 2.97. The second kappa shape index (κ2) is 4.76. The molecule has 1 atom stereocenters. The lowest BCUT2D eigenvalue weighted by atomic mass is 9.96. The van der Waals surface area contributed by atoms with E-state index in [2.05, 4.69) is 6.58 Å². The summed E-state index contributed by atoms with van der Waals surface area (Å²) in [5.41, 5.74) is 1.08. The normalized spacial score (nSPS) is 16.2. The van der Waals surface area contributed by atoms with E-state index in [9.17, 15) is 0 Å². The van der Waals surface area contributed by atoms with Crippen molar-refractivity contribution in [3.8, 4) is 0 Å². The average Bonchev–Trinajstić information content (AvgIpc) is 2.16. The van der Waals surface area contributed by atoms with Crippen molar-refractivity contribution in [2.45, 2.75) is 25.7 Å². The Morgan fingerprint density at radius 3 is 2.75 bits per heavy atom. The summed E-state index contributed by atoms with van der Waals surface area (Å²) in [6.45, 7) is 5.62. The maximum atomic E-state index is 8.12. The summed E-state index contributed by atoms with van der Waals surface area (Å²) in [6.07, 6.45) is 3.60. The van der Waals surface area contributed by atoms with Crippen LogP contribution in [0.1, 0.15) is 32.6 Å². The van der Waals surface area contributed by atoms with Gasteiger partial charge >= 0.3 is 0 Å². The van der Waals surface area contributed by atoms with E-state index in [1.54, 1.807) is 0 Å². The van der Waals surface area contributed by atoms with Crippen LogP contribution in [0.5, 0.6) is 0 Å². The van der Waals surface area contributed by atoms with Crippen LogP contribution in [0, 0.1) is 0 Å². The smallest absolute Gasteiger partial charge is 0.0349 e. The molecule has 0 heteroatoms. The van der Waals surface area contributed by atoms with Crippen LogP contribution in [-0.2, 0) is 0 Å². The molecular formula is C12H16. The lowest BCUT2D eigenvalue weighted by molar-refractivity contribution is 0.691. The van der Waals surface area contributed by atoms with Crippen molar-refractivity contribution in [2.24, 2.45) is 0 Å². The molecule has 0 amide bonds. The highest BCUT2D eigenvalue weighted by Crippen LogP contribution is 2.19. The molecule has 0 bridgehead atoms. The van der Waals surface area contributed by atoms with Gasteiger partial charge in [0.25, 0.3) is 0 Å². The Bertz CT molecular complexity index is 262. The molecule has 0 nitrogen and oxygen atoms in total. The second-order valence-electron chi connectivity index (χ2n) is 2.97. The zero-order valence-corrected chi connectivity index (χ0v) is 7.59. The van der Waals surface area contributed by atoms with Gasteiger partial charge in [0.15, 0.2) is 0 Å². The summed E-state index contributed by atoms with van der Waals surface area (Å²) in [7, 11) is 0. The van der Waals surface area contributed by atoms with E-state index < -0.39 is 5.89 Å². The van der Waals surface area contributed by atoms with Crippen molar-refractivity contribution >= 4 is 0 Å². The summed E-state index contributed by atoms with van der Waals surface area (Å²) in [5, 5.41) is 0. The van der Waals surface area contributed by atoms with Gasteiger partial charge in [-0.3, -0.25) is 0 Å². The Labute approximate surface area is 76.3 Å². The summed E-state index contributed by atoms with van der Waals surface area (Å²) in [6, 6.07) is 9.96. The van der Waals surface area contributed by atoms with Gasteiger partial charge in [0.2, 0.25) is 0 Å². The van der Waals surface area contributed by atoms with Crippen molar-refractivity contribution in [1.82, 2.24) is 0 Å². The first kappa shape index (κ1) is 7.60. The third-order valence-corrected chi connectivity index (χ3v) is 1.99. The fourth-order valence-corrected chi connectivity index (χ4v) is 1.19. The lowest BCUT2D eigenvalue weighted by Gasteiger charge is -2.09. The van der Waals surface area contributed by atoms with Crippen LogP contribution in [0.3, 0.4) is 0 Å². The predicted octanol–water partition coefficient (Wildman–Crippen LogP) is 3.76. The molecule has 64 valence electrons. The molecule has 1 aromatic rings. The molecule has 0 aliphatic rings. The first-order chi connectivity index (χ1) is 6.17. The fourth-order valence-electron chi connectivity index (χ4n) is 1.19.